The molecule has 0 aliphatic rings. The minimum Gasteiger partial charge on any atom is -0.382 e. The van der Waals surface area contributed by atoms with Gasteiger partial charge in [-0.1, -0.05) is 12.1 Å². The van der Waals surface area contributed by atoms with Crippen molar-refractivity contribution < 1.29 is 8.78 Å². The van der Waals surface area contributed by atoms with Gasteiger partial charge in [0.15, 0.2) is 0 Å². The van der Waals surface area contributed by atoms with Crippen molar-refractivity contribution in [3.8, 4) is 0 Å². The summed E-state index contributed by atoms with van der Waals surface area (Å²) in [6.45, 7) is 3.91. The van der Waals surface area contributed by atoms with Gasteiger partial charge in [0.1, 0.15) is 11.6 Å². The van der Waals surface area contributed by atoms with Gasteiger partial charge < -0.3 is 5.32 Å². The standard InChI is InChI=1S/C16H16BrF2N/c1-10-7-15(19)14(17)9-16(10)20-11(2)8-12-3-5-13(18)6-4-12/h3-7,9,11,20H,8H2,1-2H3. The minimum absolute atomic E-state index is 0.163. The van der Waals surface area contributed by atoms with Gasteiger partial charge in [-0.3, -0.25) is 0 Å². The molecular weight excluding hydrogens is 324 g/mol. The Morgan fingerprint density at radius 2 is 1.80 bits per heavy atom. The summed E-state index contributed by atoms with van der Waals surface area (Å²) >= 11 is 3.19. The van der Waals surface area contributed by atoms with Gasteiger partial charge in [0.2, 0.25) is 0 Å². The van der Waals surface area contributed by atoms with Crippen LogP contribution in [-0.2, 0) is 6.42 Å². The first-order valence-electron chi connectivity index (χ1n) is 6.42. The number of hydrogen-bond acceptors (Lipinski definition) is 1. The first kappa shape index (κ1) is 15.0. The monoisotopic (exact) mass is 339 g/mol. The van der Waals surface area contributed by atoms with Crippen molar-refractivity contribution in [1.29, 1.82) is 0 Å². The molecule has 0 radical (unpaired) electrons. The largest absolute Gasteiger partial charge is 0.382 e. The van der Waals surface area contributed by atoms with Crippen LogP contribution in [0.5, 0.6) is 0 Å². The van der Waals surface area contributed by atoms with Crippen LogP contribution in [0.3, 0.4) is 0 Å². The molecule has 0 aromatic heterocycles. The van der Waals surface area contributed by atoms with Crippen LogP contribution in [0.15, 0.2) is 40.9 Å². The molecule has 0 aliphatic carbocycles. The second-order valence-electron chi connectivity index (χ2n) is 4.96. The maximum atomic E-state index is 13.4. The summed E-state index contributed by atoms with van der Waals surface area (Å²) < 4.78 is 26.7. The first-order chi connectivity index (χ1) is 9.45. The Balaban J connectivity index is 2.06. The van der Waals surface area contributed by atoms with Gasteiger partial charge in [-0.2, -0.15) is 0 Å². The Bertz CT molecular complexity index is 596. The topological polar surface area (TPSA) is 12.0 Å². The maximum absolute atomic E-state index is 13.4. The zero-order valence-electron chi connectivity index (χ0n) is 11.4. The fourth-order valence-electron chi connectivity index (χ4n) is 2.09. The maximum Gasteiger partial charge on any atom is 0.137 e. The smallest absolute Gasteiger partial charge is 0.137 e. The van der Waals surface area contributed by atoms with Gasteiger partial charge in [-0.05, 0) is 71.6 Å². The lowest BCUT2D eigenvalue weighted by Crippen LogP contribution is -2.18. The molecule has 0 heterocycles. The summed E-state index contributed by atoms with van der Waals surface area (Å²) in [6, 6.07) is 9.88. The SMILES string of the molecule is Cc1cc(F)c(Br)cc1NC(C)Cc1ccc(F)cc1. The van der Waals surface area contributed by atoms with Crippen molar-refractivity contribution in [2.75, 3.05) is 5.32 Å². The van der Waals surface area contributed by atoms with Crippen molar-refractivity contribution in [3.63, 3.8) is 0 Å². The lowest BCUT2D eigenvalue weighted by molar-refractivity contribution is 0.620. The van der Waals surface area contributed by atoms with E-state index in [1.165, 1.54) is 18.2 Å². The number of nitrogens with one attached hydrogen (secondary N) is 1. The van der Waals surface area contributed by atoms with Crippen molar-refractivity contribution in [3.05, 3.63) is 63.6 Å². The highest BCUT2D eigenvalue weighted by Gasteiger charge is 2.09. The molecule has 1 unspecified atom stereocenters. The van der Waals surface area contributed by atoms with Crippen molar-refractivity contribution in [2.24, 2.45) is 0 Å². The van der Waals surface area contributed by atoms with E-state index >= 15 is 0 Å². The normalized spacial score (nSPS) is 12.2. The molecule has 1 N–H and O–H groups in total. The minimum atomic E-state index is -0.265. The number of aryl methyl sites for hydroxylation is 1. The molecule has 0 bridgehead atoms. The van der Waals surface area contributed by atoms with Crippen LogP contribution in [0.25, 0.3) is 0 Å². The number of hydrogen-bond donors (Lipinski definition) is 1. The van der Waals surface area contributed by atoms with Crippen LogP contribution in [0.4, 0.5) is 14.5 Å². The summed E-state index contributed by atoms with van der Waals surface area (Å²) in [5.41, 5.74) is 2.81. The van der Waals surface area contributed by atoms with Crippen LogP contribution in [0.1, 0.15) is 18.1 Å². The third-order valence-electron chi connectivity index (χ3n) is 3.12. The fourth-order valence-corrected chi connectivity index (χ4v) is 2.44. The molecule has 0 amide bonds. The summed E-state index contributed by atoms with van der Waals surface area (Å²) in [7, 11) is 0. The molecule has 0 saturated heterocycles. The van der Waals surface area contributed by atoms with Crippen molar-refractivity contribution >= 4 is 21.6 Å². The summed E-state index contributed by atoms with van der Waals surface area (Å²) in [4.78, 5) is 0. The van der Waals surface area contributed by atoms with Gasteiger partial charge in [0.05, 0.1) is 4.47 Å². The highest BCUT2D eigenvalue weighted by atomic mass is 79.9. The average Bonchev–Trinajstić information content (AvgIpc) is 2.39. The number of halogens is 3. The summed E-state index contributed by atoms with van der Waals surface area (Å²) in [6.07, 6.45) is 0.773. The predicted molar refractivity (Wildman–Crippen MR) is 82.0 cm³/mol. The van der Waals surface area contributed by atoms with Gasteiger partial charge in [-0.15, -0.1) is 0 Å². The quantitative estimate of drug-likeness (QED) is 0.819. The molecule has 2 aromatic rings. The molecule has 106 valence electrons. The highest BCUT2D eigenvalue weighted by Crippen LogP contribution is 2.25. The number of benzene rings is 2. The average molecular weight is 340 g/mol. The van der Waals surface area contributed by atoms with E-state index < -0.39 is 0 Å². The van der Waals surface area contributed by atoms with E-state index in [1.807, 2.05) is 13.8 Å². The van der Waals surface area contributed by atoms with Crippen molar-refractivity contribution in [2.45, 2.75) is 26.3 Å². The van der Waals surface area contributed by atoms with Gasteiger partial charge >= 0.3 is 0 Å². The molecule has 0 fully saturated rings. The van der Waals surface area contributed by atoms with E-state index in [2.05, 4.69) is 21.2 Å². The van der Waals surface area contributed by atoms with Crippen LogP contribution in [0, 0.1) is 18.6 Å². The Morgan fingerprint density at radius 3 is 2.45 bits per heavy atom. The van der Waals surface area contributed by atoms with E-state index in [-0.39, 0.29) is 17.7 Å². The van der Waals surface area contributed by atoms with E-state index in [1.54, 1.807) is 18.2 Å². The van der Waals surface area contributed by atoms with E-state index in [0.717, 1.165) is 23.2 Å². The molecule has 0 saturated carbocycles. The Hall–Kier alpha value is -1.42. The van der Waals surface area contributed by atoms with Crippen LogP contribution >= 0.6 is 15.9 Å². The fraction of sp³-hybridized carbons (Fsp3) is 0.250. The summed E-state index contributed by atoms with van der Waals surface area (Å²) in [5, 5.41) is 3.35. The highest BCUT2D eigenvalue weighted by molar-refractivity contribution is 9.10. The first-order valence-corrected chi connectivity index (χ1v) is 7.21. The van der Waals surface area contributed by atoms with E-state index in [4.69, 9.17) is 0 Å². The second kappa shape index (κ2) is 6.35. The zero-order valence-corrected chi connectivity index (χ0v) is 13.0. The summed E-state index contributed by atoms with van der Waals surface area (Å²) in [5.74, 6) is -0.494. The van der Waals surface area contributed by atoms with Crippen LogP contribution in [0.2, 0.25) is 0 Å². The Kier molecular flexibility index (Phi) is 4.76. The van der Waals surface area contributed by atoms with Gasteiger partial charge in [0, 0.05) is 11.7 Å². The molecule has 2 aromatic carbocycles. The van der Waals surface area contributed by atoms with Crippen LogP contribution < -0.4 is 5.32 Å². The molecule has 0 aliphatic heterocycles. The Labute approximate surface area is 126 Å². The molecule has 1 nitrogen and oxygen atoms in total. The lowest BCUT2D eigenvalue weighted by Gasteiger charge is -2.17. The van der Waals surface area contributed by atoms with Crippen LogP contribution in [-0.4, -0.2) is 6.04 Å². The molecule has 20 heavy (non-hydrogen) atoms. The van der Waals surface area contributed by atoms with E-state index in [9.17, 15) is 8.78 Å². The number of anilines is 1. The van der Waals surface area contributed by atoms with Gasteiger partial charge in [0.25, 0.3) is 0 Å². The number of rotatable bonds is 4. The molecule has 0 spiro atoms. The molecular formula is C16H16BrF2N. The molecule has 2 rings (SSSR count). The van der Waals surface area contributed by atoms with Crippen molar-refractivity contribution in [1.82, 2.24) is 0 Å². The third-order valence-corrected chi connectivity index (χ3v) is 3.73. The third kappa shape index (κ3) is 3.79. The lowest BCUT2D eigenvalue weighted by atomic mass is 10.1. The predicted octanol–water partition coefficient (Wildman–Crippen LogP) is 5.08. The zero-order chi connectivity index (χ0) is 14.7. The van der Waals surface area contributed by atoms with Gasteiger partial charge in [-0.25, -0.2) is 8.78 Å². The second-order valence-corrected chi connectivity index (χ2v) is 5.81. The molecule has 4 heteroatoms. The molecule has 1 atom stereocenters. The van der Waals surface area contributed by atoms with E-state index in [0.29, 0.717) is 4.47 Å². The Morgan fingerprint density at radius 1 is 1.15 bits per heavy atom.